The Morgan fingerprint density at radius 1 is 1.29 bits per heavy atom. The van der Waals surface area contributed by atoms with E-state index in [1.54, 1.807) is 24.4 Å². The zero-order valence-electron chi connectivity index (χ0n) is 12.3. The molecule has 1 aromatic heterocycles. The van der Waals surface area contributed by atoms with Gasteiger partial charge in [-0.15, -0.1) is 11.3 Å². The number of rotatable bonds is 6. The molecule has 21 heavy (non-hydrogen) atoms. The van der Waals surface area contributed by atoms with Crippen LogP contribution in [0.25, 0.3) is 0 Å². The van der Waals surface area contributed by atoms with Gasteiger partial charge in [-0.05, 0) is 31.2 Å². The monoisotopic (exact) mass is 306 g/mol. The molecule has 0 aliphatic heterocycles. The van der Waals surface area contributed by atoms with Crippen LogP contribution in [0.3, 0.4) is 0 Å². The maximum absolute atomic E-state index is 12.1. The summed E-state index contributed by atoms with van der Waals surface area (Å²) >= 11 is 1.47. The van der Waals surface area contributed by atoms with Gasteiger partial charge in [0.05, 0.1) is 18.7 Å². The maximum atomic E-state index is 12.1. The quantitative estimate of drug-likeness (QED) is 0.823. The predicted molar refractivity (Wildman–Crippen MR) is 82.3 cm³/mol. The minimum Gasteiger partial charge on any atom is -0.497 e. The van der Waals surface area contributed by atoms with Crippen LogP contribution in [0.4, 0.5) is 0 Å². The van der Waals surface area contributed by atoms with Gasteiger partial charge in [-0.2, -0.15) is 0 Å². The van der Waals surface area contributed by atoms with Crippen LogP contribution in [0.1, 0.15) is 15.5 Å². The molecule has 1 heterocycles. The molecule has 2 aromatic rings. The van der Waals surface area contributed by atoms with Gasteiger partial charge in [-0.3, -0.25) is 4.79 Å². The molecule has 0 unspecified atom stereocenters. The number of carbonyl (C=O) groups excluding carboxylic acids is 1. The molecule has 0 aliphatic carbocycles. The van der Waals surface area contributed by atoms with Crippen molar-refractivity contribution in [2.75, 3.05) is 27.3 Å². The van der Waals surface area contributed by atoms with E-state index >= 15 is 0 Å². The lowest BCUT2D eigenvalue weighted by Gasteiger charge is -2.16. The van der Waals surface area contributed by atoms with Crippen LogP contribution in [0, 0.1) is 6.92 Å². The van der Waals surface area contributed by atoms with E-state index < -0.39 is 0 Å². The third-order valence-corrected chi connectivity index (χ3v) is 3.71. The number of carbonyl (C=O) groups is 1. The van der Waals surface area contributed by atoms with Crippen molar-refractivity contribution in [1.29, 1.82) is 0 Å². The van der Waals surface area contributed by atoms with Gasteiger partial charge in [0.15, 0.2) is 0 Å². The summed E-state index contributed by atoms with van der Waals surface area (Å²) in [6, 6.07) is 7.35. The number of hydrogen-bond donors (Lipinski definition) is 0. The number of thiazole rings is 1. The first-order valence-electron chi connectivity index (χ1n) is 6.54. The van der Waals surface area contributed by atoms with Gasteiger partial charge >= 0.3 is 0 Å². The number of nitrogens with zero attached hydrogens (tertiary/aromatic N) is 2. The van der Waals surface area contributed by atoms with E-state index in [4.69, 9.17) is 9.47 Å². The number of amides is 1. The summed E-state index contributed by atoms with van der Waals surface area (Å²) in [6.45, 7) is 2.81. The lowest BCUT2D eigenvalue weighted by atomic mass is 10.3. The highest BCUT2D eigenvalue weighted by molar-refractivity contribution is 7.09. The average Bonchev–Trinajstić information content (AvgIpc) is 2.93. The SMILES string of the molecule is COc1ccc(OCCN(C)C(=O)c2csc(C)n2)cc1. The fourth-order valence-electron chi connectivity index (χ4n) is 1.73. The lowest BCUT2D eigenvalue weighted by molar-refractivity contribution is 0.0768. The summed E-state index contributed by atoms with van der Waals surface area (Å²) in [5, 5.41) is 2.67. The second-order valence-electron chi connectivity index (χ2n) is 4.50. The third-order valence-electron chi connectivity index (χ3n) is 2.94. The fraction of sp³-hybridized carbons (Fsp3) is 0.333. The minimum absolute atomic E-state index is 0.0855. The Balaban J connectivity index is 1.80. The van der Waals surface area contributed by atoms with Crippen molar-refractivity contribution >= 4 is 17.2 Å². The van der Waals surface area contributed by atoms with Gasteiger partial charge in [0.1, 0.15) is 23.8 Å². The summed E-state index contributed by atoms with van der Waals surface area (Å²) in [4.78, 5) is 17.9. The van der Waals surface area contributed by atoms with Gasteiger partial charge in [-0.25, -0.2) is 4.98 Å². The molecule has 5 nitrogen and oxygen atoms in total. The molecule has 1 aromatic carbocycles. The van der Waals surface area contributed by atoms with Gasteiger partial charge in [-0.1, -0.05) is 0 Å². The van der Waals surface area contributed by atoms with Gasteiger partial charge < -0.3 is 14.4 Å². The molecule has 0 aliphatic rings. The highest BCUT2D eigenvalue weighted by Gasteiger charge is 2.14. The molecule has 1 amide bonds. The number of hydrogen-bond acceptors (Lipinski definition) is 5. The van der Waals surface area contributed by atoms with Crippen LogP contribution in [-0.4, -0.2) is 43.1 Å². The zero-order chi connectivity index (χ0) is 15.2. The van der Waals surface area contributed by atoms with E-state index in [0.29, 0.717) is 18.8 Å². The van der Waals surface area contributed by atoms with Crippen LogP contribution < -0.4 is 9.47 Å². The molecule has 0 N–H and O–H groups in total. The van der Waals surface area contributed by atoms with Crippen LogP contribution in [-0.2, 0) is 0 Å². The maximum Gasteiger partial charge on any atom is 0.273 e. The molecule has 0 saturated carbocycles. The molecule has 112 valence electrons. The number of ether oxygens (including phenoxy) is 2. The summed E-state index contributed by atoms with van der Waals surface area (Å²) in [5.41, 5.74) is 0.490. The van der Waals surface area contributed by atoms with E-state index in [-0.39, 0.29) is 5.91 Å². The van der Waals surface area contributed by atoms with Crippen LogP contribution in [0.5, 0.6) is 11.5 Å². The van der Waals surface area contributed by atoms with Crippen LogP contribution in [0.15, 0.2) is 29.6 Å². The molecular formula is C15H18N2O3S. The molecule has 0 spiro atoms. The summed E-state index contributed by atoms with van der Waals surface area (Å²) in [7, 11) is 3.37. The van der Waals surface area contributed by atoms with E-state index in [9.17, 15) is 4.79 Å². The highest BCUT2D eigenvalue weighted by Crippen LogP contribution is 2.17. The van der Waals surface area contributed by atoms with Crippen molar-refractivity contribution in [3.8, 4) is 11.5 Å². The number of methoxy groups -OCH3 is 1. The second kappa shape index (κ2) is 7.08. The van der Waals surface area contributed by atoms with E-state index in [0.717, 1.165) is 16.5 Å². The summed E-state index contributed by atoms with van der Waals surface area (Å²) < 4.78 is 10.7. The Bertz CT molecular complexity index is 595. The van der Waals surface area contributed by atoms with Gasteiger partial charge in [0.2, 0.25) is 0 Å². The Morgan fingerprint density at radius 2 is 1.95 bits per heavy atom. The van der Waals surface area contributed by atoms with Crippen molar-refractivity contribution in [2.24, 2.45) is 0 Å². The first kappa shape index (κ1) is 15.3. The lowest BCUT2D eigenvalue weighted by Crippen LogP contribution is -2.31. The molecule has 0 fully saturated rings. The molecular weight excluding hydrogens is 288 g/mol. The van der Waals surface area contributed by atoms with Gasteiger partial charge in [0, 0.05) is 12.4 Å². The van der Waals surface area contributed by atoms with Crippen molar-refractivity contribution in [2.45, 2.75) is 6.92 Å². The van der Waals surface area contributed by atoms with E-state index in [2.05, 4.69) is 4.98 Å². The topological polar surface area (TPSA) is 51.7 Å². The summed E-state index contributed by atoms with van der Waals surface area (Å²) in [6.07, 6.45) is 0. The predicted octanol–water partition coefficient (Wildman–Crippen LogP) is 2.61. The first-order chi connectivity index (χ1) is 10.1. The van der Waals surface area contributed by atoms with Gasteiger partial charge in [0.25, 0.3) is 5.91 Å². The Morgan fingerprint density at radius 3 is 2.52 bits per heavy atom. The average molecular weight is 306 g/mol. The summed E-state index contributed by atoms with van der Waals surface area (Å²) in [5.74, 6) is 1.45. The van der Waals surface area contributed by atoms with Crippen LogP contribution in [0.2, 0.25) is 0 Å². The highest BCUT2D eigenvalue weighted by atomic mass is 32.1. The fourth-order valence-corrected chi connectivity index (χ4v) is 2.32. The second-order valence-corrected chi connectivity index (χ2v) is 5.56. The first-order valence-corrected chi connectivity index (χ1v) is 7.42. The van der Waals surface area contributed by atoms with Crippen molar-refractivity contribution in [1.82, 2.24) is 9.88 Å². The molecule has 0 bridgehead atoms. The largest absolute Gasteiger partial charge is 0.497 e. The molecule has 2 rings (SSSR count). The normalized spacial score (nSPS) is 10.2. The standard InChI is InChI=1S/C15H18N2O3S/c1-11-16-14(10-21-11)15(18)17(2)8-9-20-13-6-4-12(19-3)5-7-13/h4-7,10H,8-9H2,1-3H3. The van der Waals surface area contributed by atoms with E-state index in [1.807, 2.05) is 31.2 Å². The molecule has 6 heteroatoms. The molecule has 0 radical (unpaired) electrons. The van der Waals surface area contributed by atoms with Crippen molar-refractivity contribution in [3.63, 3.8) is 0 Å². The number of likely N-dealkylation sites (N-methyl/N-ethyl adjacent to an activating group) is 1. The number of benzene rings is 1. The molecule has 0 atom stereocenters. The van der Waals surface area contributed by atoms with Crippen molar-refractivity contribution in [3.05, 3.63) is 40.3 Å². The number of aromatic nitrogens is 1. The van der Waals surface area contributed by atoms with E-state index in [1.165, 1.54) is 11.3 Å². The zero-order valence-corrected chi connectivity index (χ0v) is 13.1. The number of aryl methyl sites for hydroxylation is 1. The Labute approximate surface area is 128 Å². The molecule has 0 saturated heterocycles. The smallest absolute Gasteiger partial charge is 0.273 e. The minimum atomic E-state index is -0.0855. The Kier molecular flexibility index (Phi) is 5.16. The third kappa shape index (κ3) is 4.19. The van der Waals surface area contributed by atoms with Crippen LogP contribution >= 0.6 is 11.3 Å². The van der Waals surface area contributed by atoms with Crippen molar-refractivity contribution < 1.29 is 14.3 Å². The Hall–Kier alpha value is -2.08.